The number of nitrogens with zero attached hydrogens (tertiary/aromatic N) is 2. The molecule has 2 fully saturated rings. The first-order valence-corrected chi connectivity index (χ1v) is 9.41. The summed E-state index contributed by atoms with van der Waals surface area (Å²) in [4.78, 5) is 18.7. The highest BCUT2D eigenvalue weighted by Crippen LogP contribution is 2.31. The number of likely N-dealkylation sites (tertiary alicyclic amines) is 1. The van der Waals surface area contributed by atoms with Gasteiger partial charge in [0.2, 0.25) is 0 Å². The summed E-state index contributed by atoms with van der Waals surface area (Å²) in [6, 6.07) is 2.37. The lowest BCUT2D eigenvalue weighted by atomic mass is 10.1. The van der Waals surface area contributed by atoms with Gasteiger partial charge >= 0.3 is 0 Å². The predicted octanol–water partition coefficient (Wildman–Crippen LogP) is 2.85. The highest BCUT2D eigenvalue weighted by molar-refractivity contribution is 6.35. The van der Waals surface area contributed by atoms with Crippen molar-refractivity contribution in [3.63, 3.8) is 0 Å². The Bertz CT molecular complexity index is 911. The molecule has 1 amide bonds. The molecule has 1 unspecified atom stereocenters. The molecule has 2 aromatic rings. The van der Waals surface area contributed by atoms with Gasteiger partial charge in [0, 0.05) is 32.2 Å². The SMILES string of the molecule is O=C(c1[nH]c2ccc(F)c(Cl)c2c1F)N1CCNC(CCN2CC(F)(F)C2)C1. The lowest BCUT2D eigenvalue weighted by Gasteiger charge is -2.40. The van der Waals surface area contributed by atoms with Crippen molar-refractivity contribution in [3.05, 3.63) is 34.5 Å². The van der Waals surface area contributed by atoms with E-state index in [2.05, 4.69) is 10.3 Å². The maximum Gasteiger partial charge on any atom is 0.273 e. The quantitative estimate of drug-likeness (QED) is 0.751. The molecule has 0 aliphatic carbocycles. The van der Waals surface area contributed by atoms with Crippen LogP contribution >= 0.6 is 11.6 Å². The molecule has 2 aliphatic rings. The van der Waals surface area contributed by atoms with Crippen molar-refractivity contribution in [2.24, 2.45) is 0 Å². The van der Waals surface area contributed by atoms with Gasteiger partial charge in [0.25, 0.3) is 11.8 Å². The van der Waals surface area contributed by atoms with E-state index in [1.165, 1.54) is 11.0 Å². The molecule has 1 aromatic carbocycles. The third kappa shape index (κ3) is 3.58. The first kappa shape index (κ1) is 19.5. The summed E-state index contributed by atoms with van der Waals surface area (Å²) in [5.74, 6) is -4.77. The highest BCUT2D eigenvalue weighted by Gasteiger charge is 2.43. The minimum absolute atomic E-state index is 0.0691. The first-order valence-electron chi connectivity index (χ1n) is 9.03. The van der Waals surface area contributed by atoms with Gasteiger partial charge < -0.3 is 15.2 Å². The smallest absolute Gasteiger partial charge is 0.273 e. The number of nitrogens with one attached hydrogen (secondary N) is 2. The number of rotatable bonds is 4. The molecule has 0 bridgehead atoms. The Labute approximate surface area is 163 Å². The summed E-state index contributed by atoms with van der Waals surface area (Å²) in [7, 11) is 0. The van der Waals surface area contributed by atoms with Crippen LogP contribution in [-0.4, -0.2) is 71.9 Å². The topological polar surface area (TPSA) is 51.4 Å². The van der Waals surface area contributed by atoms with Gasteiger partial charge in [-0.3, -0.25) is 9.69 Å². The van der Waals surface area contributed by atoms with E-state index in [9.17, 15) is 22.4 Å². The van der Waals surface area contributed by atoms with Gasteiger partial charge in [-0.25, -0.2) is 17.6 Å². The fraction of sp³-hybridized carbons (Fsp3) is 0.500. The van der Waals surface area contributed by atoms with Crippen LogP contribution in [0.25, 0.3) is 10.9 Å². The molecule has 28 heavy (non-hydrogen) atoms. The van der Waals surface area contributed by atoms with E-state index in [0.29, 0.717) is 32.6 Å². The van der Waals surface area contributed by atoms with Crippen molar-refractivity contribution in [1.29, 1.82) is 0 Å². The molecule has 4 rings (SSSR count). The number of aromatic nitrogens is 1. The number of carbonyl (C=O) groups excluding carboxylic acids is 1. The van der Waals surface area contributed by atoms with Crippen LogP contribution in [0.1, 0.15) is 16.9 Å². The molecule has 0 spiro atoms. The molecule has 5 nitrogen and oxygen atoms in total. The molecule has 2 N–H and O–H groups in total. The molecule has 3 heterocycles. The third-order valence-electron chi connectivity index (χ3n) is 5.25. The van der Waals surface area contributed by atoms with Crippen molar-refractivity contribution < 1.29 is 22.4 Å². The van der Waals surface area contributed by atoms with Crippen LogP contribution in [0.2, 0.25) is 5.02 Å². The van der Waals surface area contributed by atoms with Crippen LogP contribution in [0.4, 0.5) is 17.6 Å². The van der Waals surface area contributed by atoms with E-state index >= 15 is 0 Å². The standard InChI is InChI=1S/C18H19ClF4N4O/c19-14-11(20)1-2-12-13(14)15(21)16(25-12)17(28)27-6-4-24-10(7-27)3-5-26-8-18(22,23)9-26/h1-2,10,24-25H,3-9H2. The van der Waals surface area contributed by atoms with Crippen molar-refractivity contribution in [2.75, 3.05) is 39.3 Å². The Balaban J connectivity index is 1.44. The minimum atomic E-state index is -2.60. The maximum absolute atomic E-state index is 14.7. The zero-order valence-electron chi connectivity index (χ0n) is 14.9. The fourth-order valence-corrected chi connectivity index (χ4v) is 4.04. The van der Waals surface area contributed by atoms with E-state index in [-0.39, 0.29) is 40.8 Å². The van der Waals surface area contributed by atoms with Crippen molar-refractivity contribution in [1.82, 2.24) is 20.1 Å². The summed E-state index contributed by atoms with van der Waals surface area (Å²) < 4.78 is 54.2. The van der Waals surface area contributed by atoms with E-state index < -0.39 is 23.5 Å². The Morgan fingerprint density at radius 3 is 2.75 bits per heavy atom. The number of hydrogen-bond donors (Lipinski definition) is 2. The minimum Gasteiger partial charge on any atom is -0.348 e. The third-order valence-corrected chi connectivity index (χ3v) is 5.62. The maximum atomic E-state index is 14.7. The number of halogens is 5. The summed E-state index contributed by atoms with van der Waals surface area (Å²) in [5.41, 5.74) is -0.0109. The van der Waals surface area contributed by atoms with Crippen molar-refractivity contribution >= 4 is 28.4 Å². The predicted molar refractivity (Wildman–Crippen MR) is 96.9 cm³/mol. The Morgan fingerprint density at radius 2 is 2.04 bits per heavy atom. The van der Waals surface area contributed by atoms with E-state index in [0.717, 1.165) is 6.07 Å². The van der Waals surface area contributed by atoms with Crippen LogP contribution in [0.15, 0.2) is 12.1 Å². The summed E-state index contributed by atoms with van der Waals surface area (Å²) >= 11 is 5.84. The lowest BCUT2D eigenvalue weighted by Crippen LogP contribution is -2.58. The average molecular weight is 419 g/mol. The molecule has 2 aliphatic heterocycles. The molecule has 10 heteroatoms. The number of H-pyrrole nitrogens is 1. The molecule has 0 saturated carbocycles. The molecular weight excluding hydrogens is 400 g/mol. The number of carbonyl (C=O) groups is 1. The van der Waals surface area contributed by atoms with Gasteiger partial charge in [0.15, 0.2) is 5.82 Å². The van der Waals surface area contributed by atoms with Gasteiger partial charge in [-0.05, 0) is 18.6 Å². The molecule has 152 valence electrons. The van der Waals surface area contributed by atoms with Crippen LogP contribution in [-0.2, 0) is 0 Å². The van der Waals surface area contributed by atoms with Gasteiger partial charge in [-0.2, -0.15) is 0 Å². The fourth-order valence-electron chi connectivity index (χ4n) is 3.80. The first-order chi connectivity index (χ1) is 13.2. The number of aromatic amines is 1. The van der Waals surface area contributed by atoms with Gasteiger partial charge in [0.1, 0.15) is 11.5 Å². The molecular formula is C18H19ClF4N4O. The largest absolute Gasteiger partial charge is 0.348 e. The molecule has 0 radical (unpaired) electrons. The number of benzene rings is 1. The Morgan fingerprint density at radius 1 is 1.29 bits per heavy atom. The summed E-state index contributed by atoms with van der Waals surface area (Å²) in [6.45, 7) is 1.27. The Hall–Kier alpha value is -1.84. The van der Waals surface area contributed by atoms with Crippen LogP contribution in [0.5, 0.6) is 0 Å². The van der Waals surface area contributed by atoms with E-state index in [1.807, 2.05) is 0 Å². The number of fused-ring (bicyclic) bond motifs is 1. The second-order valence-electron chi connectivity index (χ2n) is 7.36. The van der Waals surface area contributed by atoms with Gasteiger partial charge in [0.05, 0.1) is 29.0 Å². The average Bonchev–Trinajstić information content (AvgIpc) is 2.98. The number of hydrogen-bond acceptors (Lipinski definition) is 3. The summed E-state index contributed by atoms with van der Waals surface area (Å²) in [5, 5.41) is 2.75. The second-order valence-corrected chi connectivity index (χ2v) is 7.73. The zero-order valence-corrected chi connectivity index (χ0v) is 15.6. The number of piperazine rings is 1. The Kier molecular flexibility index (Phi) is 5.01. The lowest BCUT2D eigenvalue weighted by molar-refractivity contribution is -0.131. The highest BCUT2D eigenvalue weighted by atomic mass is 35.5. The molecule has 1 atom stereocenters. The van der Waals surface area contributed by atoms with Crippen LogP contribution in [0.3, 0.4) is 0 Å². The summed E-state index contributed by atoms with van der Waals surface area (Å²) in [6.07, 6.45) is 0.603. The normalized spacial score (nSPS) is 22.5. The number of alkyl halides is 2. The van der Waals surface area contributed by atoms with Gasteiger partial charge in [-0.1, -0.05) is 11.6 Å². The van der Waals surface area contributed by atoms with E-state index in [1.54, 1.807) is 4.90 Å². The molecule has 1 aromatic heterocycles. The zero-order chi connectivity index (χ0) is 20.1. The van der Waals surface area contributed by atoms with Crippen molar-refractivity contribution in [3.8, 4) is 0 Å². The van der Waals surface area contributed by atoms with E-state index in [4.69, 9.17) is 11.6 Å². The van der Waals surface area contributed by atoms with Gasteiger partial charge in [-0.15, -0.1) is 0 Å². The number of amides is 1. The van der Waals surface area contributed by atoms with Crippen molar-refractivity contribution in [2.45, 2.75) is 18.4 Å². The van der Waals surface area contributed by atoms with Crippen LogP contribution in [0, 0.1) is 11.6 Å². The second kappa shape index (κ2) is 7.20. The molecule has 2 saturated heterocycles. The van der Waals surface area contributed by atoms with Crippen LogP contribution < -0.4 is 5.32 Å². The monoisotopic (exact) mass is 418 g/mol.